The van der Waals surface area contributed by atoms with Crippen LogP contribution in [0.25, 0.3) is 55.2 Å². The highest BCUT2D eigenvalue weighted by Crippen LogP contribution is 2.35. The van der Waals surface area contributed by atoms with Crippen molar-refractivity contribution < 1.29 is 54.1 Å². The number of non-ortho nitro benzene ring substituents is 1. The van der Waals surface area contributed by atoms with Gasteiger partial charge in [0, 0.05) is 62.0 Å². The topological polar surface area (TPSA) is 233 Å². The maximum absolute atomic E-state index is 14.0. The van der Waals surface area contributed by atoms with E-state index in [9.17, 15) is 59.3 Å². The lowest BCUT2D eigenvalue weighted by atomic mass is 9.86. The molecule has 0 spiro atoms. The third-order valence-corrected chi connectivity index (χ3v) is 17.5. The van der Waals surface area contributed by atoms with E-state index in [-0.39, 0.29) is 42.6 Å². The Labute approximate surface area is 545 Å². The molecule has 0 radical (unpaired) electrons. The molecular weight excluding hydrogens is 1180 g/mol. The highest BCUT2D eigenvalue weighted by Gasteiger charge is 2.34. The van der Waals surface area contributed by atoms with Crippen molar-refractivity contribution in [3.8, 4) is 0 Å². The zero-order valence-corrected chi connectivity index (χ0v) is 52.6. The number of allylic oxidation sites excluding steroid dienone is 2. The molecular formula is C79H75N3O12. The third-order valence-electron chi connectivity index (χ3n) is 17.5. The number of nitrogens with zero attached hydrogens (tertiary/aromatic N) is 3. The van der Waals surface area contributed by atoms with E-state index >= 15 is 0 Å². The van der Waals surface area contributed by atoms with E-state index < -0.39 is 78.3 Å². The Bertz CT molecular complexity index is 4430. The summed E-state index contributed by atoms with van der Waals surface area (Å²) in [7, 11) is 0. The lowest BCUT2D eigenvalue weighted by molar-refractivity contribution is -0.384. The van der Waals surface area contributed by atoms with Gasteiger partial charge >= 0.3 is 23.9 Å². The molecule has 0 bridgehead atoms. The molecule has 0 aromatic heterocycles. The number of carbonyl (C=O) groups excluding carboxylic acids is 2. The van der Waals surface area contributed by atoms with Gasteiger partial charge in [-0.25, -0.2) is 0 Å². The Balaban J connectivity index is 0.000000222. The van der Waals surface area contributed by atoms with E-state index in [1.807, 2.05) is 160 Å². The highest BCUT2D eigenvalue weighted by molar-refractivity contribution is 5.89. The maximum Gasteiger partial charge on any atom is 0.307 e. The van der Waals surface area contributed by atoms with Gasteiger partial charge in [-0.05, 0) is 134 Å². The lowest BCUT2D eigenvalue weighted by Crippen LogP contribution is -2.43. The fraction of sp³-hybridized carbons (Fsp3) is 0.215. The summed E-state index contributed by atoms with van der Waals surface area (Å²) in [5.74, 6) is -9.22. The SMILES string of the molecule is CC(C(C/C=C/c1ccc2ccccc2c1)c1ccc([N+](=O)[O-])cc1)N(Cc1ccc2ccccc2c1)C(=O)CC(CC(=O)O)C(=O)O.Cc1ccc(C(C/C=C/c2ccc3ccccc3c2)C(C)N(Cc2ccc3ccccc3c2)C(=O)CC(CC(=O)O)C(=O)O)cc1. The standard InChI is InChI=1S/C40H39NO5.C39H36N2O7/c1-27-14-18-33(19-15-27)37(13-7-8-29-16-20-31-9-3-5-11-34(31)22-29)28(2)41(38(42)24-36(40(45)46)25-39(43)44)26-30-17-21-32-10-4-6-12-35(32)23-30;1-26(40(37(42)23-34(39(45)46)24-38(43)44)25-28-14-16-30-9-3-5-11-33(30)22-28)36(31-17-19-35(20-18-31)41(47)48)12-6-7-27-13-15-29-8-2-4-10-32(29)21-27/h3-12,14-23,28,36-37H,13,24-26H2,1-2H3,(H,43,44)(H,45,46);2-11,13-22,26,34,36H,12,23-25H2,1H3,(H,43,44)(H,45,46)/b8-7+;7-6+. The minimum absolute atomic E-state index is 0.0566. The van der Waals surface area contributed by atoms with Gasteiger partial charge in [-0.3, -0.25) is 38.9 Å². The molecule has 0 aliphatic heterocycles. The smallest absolute Gasteiger partial charge is 0.307 e. The summed E-state index contributed by atoms with van der Waals surface area (Å²) in [6.07, 6.45) is 7.16. The number of nitro groups is 1. The van der Waals surface area contributed by atoms with Gasteiger partial charge in [0.25, 0.3) is 5.69 Å². The van der Waals surface area contributed by atoms with Crippen molar-refractivity contribution in [1.29, 1.82) is 0 Å². The molecule has 0 aliphatic carbocycles. The number of benzene rings is 10. The number of aryl methyl sites for hydroxylation is 1. The quantitative estimate of drug-likeness (QED) is 0.0278. The van der Waals surface area contributed by atoms with Crippen LogP contribution in [-0.4, -0.2) is 82.9 Å². The van der Waals surface area contributed by atoms with Gasteiger partial charge in [0.2, 0.25) is 11.8 Å². The van der Waals surface area contributed by atoms with Crippen molar-refractivity contribution in [2.24, 2.45) is 11.8 Å². The number of hydrogen-bond donors (Lipinski definition) is 4. The van der Waals surface area contributed by atoms with Gasteiger partial charge in [-0.15, -0.1) is 0 Å². The lowest BCUT2D eigenvalue weighted by Gasteiger charge is -2.36. The summed E-state index contributed by atoms with van der Waals surface area (Å²) in [5.41, 5.74) is 6.72. The molecule has 6 unspecified atom stereocenters. The van der Waals surface area contributed by atoms with E-state index in [0.717, 1.165) is 76.6 Å². The van der Waals surface area contributed by atoms with Crippen molar-refractivity contribution >= 4 is 96.6 Å². The molecule has 4 N–H and O–H groups in total. The van der Waals surface area contributed by atoms with Gasteiger partial charge in [0.15, 0.2) is 0 Å². The van der Waals surface area contributed by atoms with E-state index in [0.29, 0.717) is 12.8 Å². The summed E-state index contributed by atoms with van der Waals surface area (Å²) in [6.45, 7) is 6.33. The van der Waals surface area contributed by atoms with Crippen LogP contribution in [0.2, 0.25) is 0 Å². The molecule has 0 heterocycles. The monoisotopic (exact) mass is 1260 g/mol. The van der Waals surface area contributed by atoms with Crippen LogP contribution in [0.4, 0.5) is 5.69 Å². The number of hydrogen-bond acceptors (Lipinski definition) is 8. The summed E-state index contributed by atoms with van der Waals surface area (Å²) in [6, 6.07) is 70.2. The van der Waals surface area contributed by atoms with Crippen LogP contribution in [-0.2, 0) is 41.9 Å². The van der Waals surface area contributed by atoms with Crippen LogP contribution in [0.1, 0.15) is 103 Å². The number of aliphatic carboxylic acids is 4. The summed E-state index contributed by atoms with van der Waals surface area (Å²) in [4.78, 5) is 89.1. The van der Waals surface area contributed by atoms with Crippen LogP contribution >= 0.6 is 0 Å². The molecule has 0 saturated heterocycles. The first-order chi connectivity index (χ1) is 45.3. The molecule has 10 aromatic rings. The molecule has 10 rings (SSSR count). The Morgan fingerprint density at radius 1 is 0.426 bits per heavy atom. The van der Waals surface area contributed by atoms with Crippen molar-refractivity contribution in [2.45, 2.75) is 96.3 Å². The second-order valence-electron chi connectivity index (χ2n) is 24.0. The van der Waals surface area contributed by atoms with Crippen molar-refractivity contribution in [3.05, 3.63) is 280 Å². The molecule has 478 valence electrons. The molecule has 0 aliphatic rings. The van der Waals surface area contributed by atoms with Crippen LogP contribution in [0.3, 0.4) is 0 Å². The average Bonchev–Trinajstić information content (AvgIpc) is 0.962. The first-order valence-electron chi connectivity index (χ1n) is 31.3. The van der Waals surface area contributed by atoms with Crippen LogP contribution in [0, 0.1) is 28.9 Å². The molecule has 0 saturated carbocycles. The number of carbonyl (C=O) groups is 6. The van der Waals surface area contributed by atoms with E-state index in [2.05, 4.69) is 78.9 Å². The fourth-order valence-corrected chi connectivity index (χ4v) is 12.2. The minimum Gasteiger partial charge on any atom is -0.481 e. The zero-order chi connectivity index (χ0) is 66.8. The van der Waals surface area contributed by atoms with Gasteiger partial charge < -0.3 is 30.2 Å². The molecule has 2 amide bonds. The maximum atomic E-state index is 14.0. The number of fused-ring (bicyclic) bond motifs is 4. The first kappa shape index (κ1) is 67.3. The van der Waals surface area contributed by atoms with Crippen LogP contribution in [0.15, 0.2) is 231 Å². The van der Waals surface area contributed by atoms with Crippen LogP contribution < -0.4 is 0 Å². The van der Waals surface area contributed by atoms with Crippen molar-refractivity contribution in [3.63, 3.8) is 0 Å². The molecule has 0 fully saturated rings. The first-order valence-corrected chi connectivity index (χ1v) is 31.3. The average molecular weight is 1260 g/mol. The van der Waals surface area contributed by atoms with Crippen molar-refractivity contribution in [2.75, 3.05) is 0 Å². The Morgan fingerprint density at radius 2 is 0.755 bits per heavy atom. The molecule has 10 aromatic carbocycles. The van der Waals surface area contributed by atoms with Gasteiger partial charge in [0.1, 0.15) is 0 Å². The number of carboxylic acid groups (broad SMARTS) is 4. The van der Waals surface area contributed by atoms with Gasteiger partial charge in [0.05, 0.1) is 29.6 Å². The third kappa shape index (κ3) is 18.1. The number of nitro benzene ring substituents is 1. The van der Waals surface area contributed by atoms with Crippen LogP contribution in [0.5, 0.6) is 0 Å². The summed E-state index contributed by atoms with van der Waals surface area (Å²) >= 11 is 0. The number of rotatable bonds is 27. The van der Waals surface area contributed by atoms with Crippen molar-refractivity contribution in [1.82, 2.24) is 9.80 Å². The van der Waals surface area contributed by atoms with E-state index in [4.69, 9.17) is 0 Å². The van der Waals surface area contributed by atoms with E-state index in [1.54, 1.807) is 21.9 Å². The number of carboxylic acids is 4. The largest absolute Gasteiger partial charge is 0.481 e. The predicted octanol–water partition coefficient (Wildman–Crippen LogP) is 16.5. The fourth-order valence-electron chi connectivity index (χ4n) is 12.2. The minimum atomic E-state index is -1.40. The Kier molecular flexibility index (Phi) is 22.8. The molecule has 15 nitrogen and oxygen atoms in total. The van der Waals surface area contributed by atoms with Gasteiger partial charge in [-0.2, -0.15) is 0 Å². The predicted molar refractivity (Wildman–Crippen MR) is 369 cm³/mol. The van der Waals surface area contributed by atoms with Gasteiger partial charge in [-0.1, -0.05) is 212 Å². The second-order valence-corrected chi connectivity index (χ2v) is 24.0. The summed E-state index contributed by atoms with van der Waals surface area (Å²) < 4.78 is 0. The highest BCUT2D eigenvalue weighted by atomic mass is 16.6. The molecule has 94 heavy (non-hydrogen) atoms. The second kappa shape index (κ2) is 31.8. The molecule has 6 atom stereocenters. The Hall–Kier alpha value is -11.1. The molecule has 15 heteroatoms. The Morgan fingerprint density at radius 3 is 1.10 bits per heavy atom. The normalized spacial score (nSPS) is 13.4. The zero-order valence-electron chi connectivity index (χ0n) is 52.6. The number of amides is 2. The summed E-state index contributed by atoms with van der Waals surface area (Å²) in [5, 5.41) is 58.3. The van der Waals surface area contributed by atoms with E-state index in [1.165, 1.54) is 17.5 Å².